The minimum absolute atomic E-state index is 0.170. The average molecular weight is 322 g/mol. The van der Waals surface area contributed by atoms with Crippen molar-refractivity contribution in [1.82, 2.24) is 20.4 Å². The topological polar surface area (TPSA) is 68.2 Å². The minimum Gasteiger partial charge on any atom is -0.444 e. The maximum absolute atomic E-state index is 12.0. The van der Waals surface area contributed by atoms with Crippen LogP contribution in [-0.4, -0.2) is 33.6 Å². The van der Waals surface area contributed by atoms with Crippen LogP contribution in [0.1, 0.15) is 65.5 Å². The highest BCUT2D eigenvalue weighted by Crippen LogP contribution is 2.31. The first kappa shape index (κ1) is 17.8. The Hall–Kier alpha value is -1.56. The first-order valence-corrected chi connectivity index (χ1v) is 8.44. The Balaban J connectivity index is 1.81. The number of nitrogens with one attached hydrogen (secondary N) is 2. The Morgan fingerprint density at radius 2 is 2.13 bits per heavy atom. The van der Waals surface area contributed by atoms with Crippen LogP contribution in [0.4, 0.5) is 4.79 Å². The molecule has 130 valence electrons. The van der Waals surface area contributed by atoms with Crippen LogP contribution in [0.15, 0.2) is 12.4 Å². The number of hydrogen-bond donors (Lipinski definition) is 2. The van der Waals surface area contributed by atoms with Crippen molar-refractivity contribution in [2.24, 2.45) is 0 Å². The normalized spacial score (nSPS) is 17.0. The van der Waals surface area contributed by atoms with Gasteiger partial charge in [-0.1, -0.05) is 0 Å². The monoisotopic (exact) mass is 322 g/mol. The number of carbonyl (C=O) groups is 1. The van der Waals surface area contributed by atoms with Gasteiger partial charge in [-0.25, -0.2) is 4.79 Å². The summed E-state index contributed by atoms with van der Waals surface area (Å²) in [5, 5.41) is 10.8. The summed E-state index contributed by atoms with van der Waals surface area (Å²) >= 11 is 0. The van der Waals surface area contributed by atoms with E-state index in [1.54, 1.807) is 0 Å². The second-order valence-corrected chi connectivity index (χ2v) is 7.79. The van der Waals surface area contributed by atoms with Crippen molar-refractivity contribution < 1.29 is 9.53 Å². The number of ether oxygens (including phenoxy) is 1. The van der Waals surface area contributed by atoms with E-state index in [0.29, 0.717) is 6.04 Å². The van der Waals surface area contributed by atoms with Crippen molar-refractivity contribution in [2.45, 2.75) is 77.6 Å². The molecule has 6 heteroatoms. The summed E-state index contributed by atoms with van der Waals surface area (Å²) in [5.41, 5.74) is 0.523. The minimum atomic E-state index is -0.464. The Morgan fingerprint density at radius 1 is 1.43 bits per heavy atom. The summed E-state index contributed by atoms with van der Waals surface area (Å²) in [6, 6.07) is 0.371. The van der Waals surface area contributed by atoms with Gasteiger partial charge in [0, 0.05) is 30.9 Å². The van der Waals surface area contributed by atoms with Crippen LogP contribution in [0.5, 0.6) is 0 Å². The van der Waals surface area contributed by atoms with Gasteiger partial charge < -0.3 is 15.4 Å². The number of amides is 1. The van der Waals surface area contributed by atoms with Crippen LogP contribution < -0.4 is 10.6 Å². The fourth-order valence-corrected chi connectivity index (χ4v) is 2.67. The molecule has 2 rings (SSSR count). The number of hydrogen-bond acceptors (Lipinski definition) is 4. The van der Waals surface area contributed by atoms with Crippen molar-refractivity contribution in [3.05, 3.63) is 18.0 Å². The van der Waals surface area contributed by atoms with Gasteiger partial charge in [-0.05, 0) is 53.9 Å². The van der Waals surface area contributed by atoms with Gasteiger partial charge in [-0.15, -0.1) is 0 Å². The lowest BCUT2D eigenvalue weighted by Crippen LogP contribution is -2.59. The second-order valence-electron chi connectivity index (χ2n) is 7.79. The highest BCUT2D eigenvalue weighted by Gasteiger charge is 2.39. The van der Waals surface area contributed by atoms with E-state index in [1.807, 2.05) is 31.6 Å². The molecular formula is C17H30N4O2. The number of aromatic nitrogens is 2. The first-order chi connectivity index (χ1) is 10.7. The van der Waals surface area contributed by atoms with Crippen LogP contribution in [0, 0.1) is 0 Å². The molecule has 0 bridgehead atoms. The lowest BCUT2D eigenvalue weighted by molar-refractivity contribution is 0.0382. The molecule has 1 amide bonds. The Labute approximate surface area is 139 Å². The van der Waals surface area contributed by atoms with E-state index >= 15 is 0 Å². The van der Waals surface area contributed by atoms with Crippen molar-refractivity contribution in [3.63, 3.8) is 0 Å². The molecule has 1 fully saturated rings. The smallest absolute Gasteiger partial charge is 0.408 e. The fraction of sp³-hybridized carbons (Fsp3) is 0.765. The molecular weight excluding hydrogens is 292 g/mol. The molecule has 0 unspecified atom stereocenters. The standard InChI is InChI=1S/C17H30N4O2/c1-13(2)21-11-14(10-19-21)9-18-12-17(7-6-8-17)20-15(22)23-16(3,4)5/h10-11,13,18H,6-9,12H2,1-5H3,(H,20,22). The zero-order valence-corrected chi connectivity index (χ0v) is 15.0. The van der Waals surface area contributed by atoms with Crippen molar-refractivity contribution in [1.29, 1.82) is 0 Å². The van der Waals surface area contributed by atoms with E-state index in [4.69, 9.17) is 4.74 Å². The molecule has 1 aliphatic rings. The third-order valence-electron chi connectivity index (χ3n) is 4.05. The average Bonchev–Trinajstić information content (AvgIpc) is 2.82. The van der Waals surface area contributed by atoms with Gasteiger partial charge in [0.1, 0.15) is 5.60 Å². The predicted octanol–water partition coefficient (Wildman–Crippen LogP) is 3.00. The highest BCUT2D eigenvalue weighted by atomic mass is 16.6. The molecule has 1 heterocycles. The van der Waals surface area contributed by atoms with Crippen LogP contribution >= 0.6 is 0 Å². The molecule has 1 aromatic rings. The molecule has 0 atom stereocenters. The largest absolute Gasteiger partial charge is 0.444 e. The molecule has 23 heavy (non-hydrogen) atoms. The molecule has 0 radical (unpaired) electrons. The van der Waals surface area contributed by atoms with Crippen molar-refractivity contribution >= 4 is 6.09 Å². The lowest BCUT2D eigenvalue weighted by Gasteiger charge is -2.42. The second kappa shape index (κ2) is 6.91. The van der Waals surface area contributed by atoms with Gasteiger partial charge in [0.15, 0.2) is 0 Å². The van der Waals surface area contributed by atoms with Gasteiger partial charge in [-0.2, -0.15) is 5.10 Å². The van der Waals surface area contributed by atoms with Gasteiger partial charge in [-0.3, -0.25) is 4.68 Å². The van der Waals surface area contributed by atoms with Crippen molar-refractivity contribution in [3.8, 4) is 0 Å². The van der Waals surface area contributed by atoms with E-state index in [2.05, 4.69) is 35.8 Å². The van der Waals surface area contributed by atoms with E-state index in [1.165, 1.54) is 0 Å². The molecule has 0 aromatic carbocycles. The molecule has 1 saturated carbocycles. The number of rotatable bonds is 6. The van der Waals surface area contributed by atoms with E-state index in [9.17, 15) is 4.79 Å². The molecule has 2 N–H and O–H groups in total. The summed E-state index contributed by atoms with van der Waals surface area (Å²) in [5.74, 6) is 0. The molecule has 0 aliphatic heterocycles. The van der Waals surface area contributed by atoms with Gasteiger partial charge in [0.2, 0.25) is 0 Å². The first-order valence-electron chi connectivity index (χ1n) is 8.44. The number of nitrogens with zero attached hydrogens (tertiary/aromatic N) is 2. The maximum Gasteiger partial charge on any atom is 0.408 e. The summed E-state index contributed by atoms with van der Waals surface area (Å²) in [4.78, 5) is 12.0. The molecule has 1 aliphatic carbocycles. The third-order valence-corrected chi connectivity index (χ3v) is 4.05. The lowest BCUT2D eigenvalue weighted by atomic mass is 9.76. The highest BCUT2D eigenvalue weighted by molar-refractivity contribution is 5.69. The summed E-state index contributed by atoms with van der Waals surface area (Å²) < 4.78 is 7.33. The molecule has 1 aromatic heterocycles. The summed E-state index contributed by atoms with van der Waals surface area (Å²) in [6.45, 7) is 11.4. The number of alkyl carbamates (subject to hydrolysis) is 1. The Morgan fingerprint density at radius 3 is 2.61 bits per heavy atom. The predicted molar refractivity (Wildman–Crippen MR) is 90.3 cm³/mol. The zero-order chi connectivity index (χ0) is 17.1. The molecule has 0 spiro atoms. The van der Waals surface area contributed by atoms with Gasteiger partial charge >= 0.3 is 6.09 Å². The van der Waals surface area contributed by atoms with Crippen molar-refractivity contribution in [2.75, 3.05) is 6.54 Å². The quantitative estimate of drug-likeness (QED) is 0.845. The van der Waals surface area contributed by atoms with Gasteiger partial charge in [0.25, 0.3) is 0 Å². The Bertz CT molecular complexity index is 527. The third kappa shape index (κ3) is 5.23. The fourth-order valence-electron chi connectivity index (χ4n) is 2.67. The summed E-state index contributed by atoms with van der Waals surface area (Å²) in [6.07, 6.45) is 6.75. The van der Waals surface area contributed by atoms with E-state index < -0.39 is 5.60 Å². The maximum atomic E-state index is 12.0. The van der Waals surface area contributed by atoms with Crippen LogP contribution in [0.3, 0.4) is 0 Å². The van der Waals surface area contributed by atoms with Gasteiger partial charge in [0.05, 0.1) is 11.7 Å². The molecule has 0 saturated heterocycles. The Kier molecular flexibility index (Phi) is 5.34. The molecule has 6 nitrogen and oxygen atoms in total. The van der Waals surface area contributed by atoms with E-state index in [0.717, 1.165) is 37.9 Å². The SMILES string of the molecule is CC(C)n1cc(CNCC2(NC(=O)OC(C)(C)C)CCC2)cn1. The zero-order valence-electron chi connectivity index (χ0n) is 15.0. The number of carbonyl (C=O) groups excluding carboxylic acids is 1. The van der Waals surface area contributed by atoms with Crippen LogP contribution in [0.2, 0.25) is 0 Å². The van der Waals surface area contributed by atoms with E-state index in [-0.39, 0.29) is 11.6 Å². The van der Waals surface area contributed by atoms with Crippen LogP contribution in [-0.2, 0) is 11.3 Å². The van der Waals surface area contributed by atoms with Crippen LogP contribution in [0.25, 0.3) is 0 Å². The summed E-state index contributed by atoms with van der Waals surface area (Å²) in [7, 11) is 0.